The molecule has 0 atom stereocenters. The minimum absolute atomic E-state index is 0.235. The lowest BCUT2D eigenvalue weighted by atomic mass is 10.3. The topological polar surface area (TPSA) is 82.8 Å². The van der Waals surface area contributed by atoms with Crippen LogP contribution < -0.4 is 14.5 Å². The molecule has 0 saturated heterocycles. The van der Waals surface area contributed by atoms with Gasteiger partial charge in [0.1, 0.15) is 17.8 Å². The van der Waals surface area contributed by atoms with E-state index in [1.165, 1.54) is 12.3 Å². The van der Waals surface area contributed by atoms with Gasteiger partial charge in [-0.05, 0) is 24.3 Å². The molecule has 118 valence electrons. The van der Waals surface area contributed by atoms with Crippen LogP contribution in [0.3, 0.4) is 0 Å². The Labute approximate surface area is 132 Å². The van der Waals surface area contributed by atoms with Gasteiger partial charge in [0, 0.05) is 6.07 Å². The first-order valence-corrected chi connectivity index (χ1v) is 8.14. The van der Waals surface area contributed by atoms with Crippen LogP contribution in [0.4, 0.5) is 5.82 Å². The van der Waals surface area contributed by atoms with Crippen LogP contribution in [0.2, 0.25) is 0 Å². The number of anilines is 1. The lowest BCUT2D eigenvalue weighted by Gasteiger charge is -2.18. The van der Waals surface area contributed by atoms with Gasteiger partial charge in [-0.1, -0.05) is 41.6 Å². The van der Waals surface area contributed by atoms with Gasteiger partial charge in [-0.25, -0.2) is 10.0 Å². The first-order valence-electron chi connectivity index (χ1n) is 6.68. The van der Waals surface area contributed by atoms with E-state index in [2.05, 4.69) is 15.2 Å². The van der Waals surface area contributed by atoms with Crippen LogP contribution in [0, 0.1) is 0 Å². The molecule has 1 N–H and O–H groups in total. The lowest BCUT2D eigenvalue weighted by Crippen LogP contribution is -2.09. The SMILES string of the molecule is O=P(ONc1ccon1)(Oc1ccccc1)Oc1ccccc1. The van der Waals surface area contributed by atoms with Gasteiger partial charge in [0.15, 0.2) is 5.82 Å². The van der Waals surface area contributed by atoms with Gasteiger partial charge in [-0.15, -0.1) is 4.62 Å². The maximum absolute atomic E-state index is 12.9. The van der Waals surface area contributed by atoms with Crippen molar-refractivity contribution in [2.45, 2.75) is 0 Å². The molecule has 0 aliphatic rings. The molecule has 3 rings (SSSR count). The van der Waals surface area contributed by atoms with Crippen LogP contribution in [-0.2, 0) is 9.19 Å². The Morgan fingerprint density at radius 1 is 0.870 bits per heavy atom. The zero-order valence-corrected chi connectivity index (χ0v) is 12.8. The van der Waals surface area contributed by atoms with E-state index in [-0.39, 0.29) is 5.82 Å². The van der Waals surface area contributed by atoms with E-state index in [0.29, 0.717) is 11.5 Å². The predicted octanol–water partition coefficient (Wildman–Crippen LogP) is 4.28. The molecular formula is C15H13N2O5P. The van der Waals surface area contributed by atoms with Crippen molar-refractivity contribution in [1.29, 1.82) is 0 Å². The van der Waals surface area contributed by atoms with Crippen molar-refractivity contribution in [2.75, 3.05) is 5.48 Å². The summed E-state index contributed by atoms with van der Waals surface area (Å²) >= 11 is 0. The van der Waals surface area contributed by atoms with Gasteiger partial charge in [0.25, 0.3) is 0 Å². The third-order valence-electron chi connectivity index (χ3n) is 2.62. The molecule has 8 heteroatoms. The first-order chi connectivity index (χ1) is 11.2. The second-order valence-electron chi connectivity index (χ2n) is 4.33. The summed E-state index contributed by atoms with van der Waals surface area (Å²) in [6.45, 7) is 0. The molecule has 0 fully saturated rings. The van der Waals surface area contributed by atoms with Crippen molar-refractivity contribution in [3.8, 4) is 11.5 Å². The summed E-state index contributed by atoms with van der Waals surface area (Å²) in [5.74, 6) is 0.918. The molecule has 0 unspecified atom stereocenters. The van der Waals surface area contributed by atoms with Crippen LogP contribution >= 0.6 is 7.82 Å². The second-order valence-corrected chi connectivity index (χ2v) is 5.78. The van der Waals surface area contributed by atoms with E-state index in [9.17, 15) is 4.57 Å². The van der Waals surface area contributed by atoms with E-state index in [1.807, 2.05) is 12.1 Å². The summed E-state index contributed by atoms with van der Waals surface area (Å²) in [6.07, 6.45) is 1.34. The highest BCUT2D eigenvalue weighted by Crippen LogP contribution is 2.49. The van der Waals surface area contributed by atoms with Crippen molar-refractivity contribution in [1.82, 2.24) is 5.16 Å². The molecule has 0 amide bonds. The van der Waals surface area contributed by atoms with Crippen molar-refractivity contribution < 1.29 is 22.8 Å². The highest BCUT2D eigenvalue weighted by molar-refractivity contribution is 7.49. The molecule has 0 radical (unpaired) electrons. The summed E-state index contributed by atoms with van der Waals surface area (Å²) in [6, 6.07) is 18.6. The third kappa shape index (κ3) is 4.35. The first kappa shape index (κ1) is 15.1. The molecule has 7 nitrogen and oxygen atoms in total. The van der Waals surface area contributed by atoms with Crippen LogP contribution in [0.5, 0.6) is 11.5 Å². The molecule has 0 bridgehead atoms. The third-order valence-corrected chi connectivity index (χ3v) is 3.80. The van der Waals surface area contributed by atoms with Crippen LogP contribution in [-0.4, -0.2) is 5.16 Å². The molecule has 0 spiro atoms. The number of para-hydroxylation sites is 2. The van der Waals surface area contributed by atoms with Crippen molar-refractivity contribution in [2.24, 2.45) is 0 Å². The Balaban J connectivity index is 1.78. The molecule has 23 heavy (non-hydrogen) atoms. The summed E-state index contributed by atoms with van der Waals surface area (Å²) in [5.41, 5.74) is 2.39. The number of hydrogen-bond acceptors (Lipinski definition) is 7. The minimum atomic E-state index is -4.00. The quantitative estimate of drug-likeness (QED) is 0.510. The number of rotatable bonds is 7. The molecule has 0 saturated carbocycles. The van der Waals surface area contributed by atoms with Gasteiger partial charge >= 0.3 is 7.82 Å². The van der Waals surface area contributed by atoms with E-state index < -0.39 is 7.82 Å². The van der Waals surface area contributed by atoms with E-state index in [1.54, 1.807) is 48.5 Å². The lowest BCUT2D eigenvalue weighted by molar-refractivity contribution is 0.245. The van der Waals surface area contributed by atoms with Crippen LogP contribution in [0.25, 0.3) is 0 Å². The fourth-order valence-electron chi connectivity index (χ4n) is 1.64. The van der Waals surface area contributed by atoms with E-state index >= 15 is 0 Å². The van der Waals surface area contributed by atoms with Gasteiger partial charge in [-0.2, -0.15) is 0 Å². The Bertz CT molecular complexity index is 720. The van der Waals surface area contributed by atoms with Crippen molar-refractivity contribution in [3.05, 3.63) is 73.0 Å². The summed E-state index contributed by atoms with van der Waals surface area (Å²) in [5, 5.41) is 3.59. The van der Waals surface area contributed by atoms with Crippen LogP contribution in [0.1, 0.15) is 0 Å². The van der Waals surface area contributed by atoms with Gasteiger partial charge in [-0.3, -0.25) is 0 Å². The number of hydrogen-bond donors (Lipinski definition) is 1. The highest BCUT2D eigenvalue weighted by Gasteiger charge is 2.32. The Kier molecular flexibility index (Phi) is 4.61. The molecule has 1 heterocycles. The van der Waals surface area contributed by atoms with Gasteiger partial charge < -0.3 is 13.6 Å². The smallest absolute Gasteiger partial charge is 0.394 e. The summed E-state index contributed by atoms with van der Waals surface area (Å²) in [4.78, 5) is 0. The number of nitrogens with zero attached hydrogens (tertiary/aromatic N) is 1. The monoisotopic (exact) mass is 332 g/mol. The van der Waals surface area contributed by atoms with E-state index in [0.717, 1.165) is 0 Å². The maximum Gasteiger partial charge on any atom is 0.609 e. The molecule has 3 aromatic rings. The standard InChI is InChI=1S/C15H13N2O5P/c18-23(20-13-7-3-1-4-8-13,21-14-9-5-2-6-10-14)22-17-15-11-12-19-16-15/h1-12H,(H,16,17). The number of benzene rings is 2. The van der Waals surface area contributed by atoms with E-state index in [4.69, 9.17) is 13.7 Å². The Morgan fingerprint density at radius 3 is 1.91 bits per heavy atom. The number of phosphoric ester groups is 1. The van der Waals surface area contributed by atoms with Gasteiger partial charge in [0.05, 0.1) is 0 Å². The largest absolute Gasteiger partial charge is 0.609 e. The minimum Gasteiger partial charge on any atom is -0.394 e. The molecule has 1 aromatic heterocycles. The van der Waals surface area contributed by atoms with Gasteiger partial charge in [0.2, 0.25) is 0 Å². The maximum atomic E-state index is 12.9. The highest BCUT2D eigenvalue weighted by atomic mass is 31.2. The fraction of sp³-hybridized carbons (Fsp3) is 0. The molecular weight excluding hydrogens is 319 g/mol. The molecule has 0 aliphatic carbocycles. The predicted molar refractivity (Wildman–Crippen MR) is 83.0 cm³/mol. The van der Waals surface area contributed by atoms with Crippen molar-refractivity contribution in [3.63, 3.8) is 0 Å². The molecule has 0 aliphatic heterocycles. The summed E-state index contributed by atoms with van der Waals surface area (Å²) < 4.78 is 33.4. The normalized spacial score (nSPS) is 11.0. The zero-order chi connectivity index (χ0) is 16.0. The second kappa shape index (κ2) is 7.00. The molecule has 2 aromatic carbocycles. The van der Waals surface area contributed by atoms with Crippen LogP contribution in [0.15, 0.2) is 77.5 Å². The average molecular weight is 332 g/mol. The number of nitrogens with one attached hydrogen (secondary N) is 1. The Morgan fingerprint density at radius 2 is 1.43 bits per heavy atom. The summed E-state index contributed by atoms with van der Waals surface area (Å²) in [7, 11) is -4.00. The zero-order valence-electron chi connectivity index (χ0n) is 11.9. The number of phosphoric acid groups is 1. The average Bonchev–Trinajstić information content (AvgIpc) is 3.08. The Hall–Kier alpha value is -2.76. The number of aromatic nitrogens is 1. The van der Waals surface area contributed by atoms with Crippen molar-refractivity contribution >= 4 is 13.6 Å². The fourth-order valence-corrected chi connectivity index (χ4v) is 2.72.